The Bertz CT molecular complexity index is 2210. The Hall–Kier alpha value is -7.00. The molecule has 0 aliphatic heterocycles. The molecule has 6 N–H and O–H groups in total. The van der Waals surface area contributed by atoms with Gasteiger partial charge in [0.15, 0.2) is 0 Å². The van der Waals surface area contributed by atoms with Crippen LogP contribution in [0, 0.1) is 0 Å². The van der Waals surface area contributed by atoms with Crippen molar-refractivity contribution >= 4 is 29.7 Å². The lowest BCUT2D eigenvalue weighted by Gasteiger charge is -2.26. The van der Waals surface area contributed by atoms with Crippen molar-refractivity contribution in [1.82, 2.24) is 30.8 Å². The number of carbonyl (C=O) groups is 5. The third-order valence-corrected chi connectivity index (χ3v) is 9.37. The molecular formula is C47H55N7O8. The molecule has 0 spiro atoms. The number of imidazole rings is 1. The van der Waals surface area contributed by atoms with Gasteiger partial charge in [0.25, 0.3) is 0 Å². The van der Waals surface area contributed by atoms with Crippen LogP contribution in [0.5, 0.6) is 5.75 Å². The van der Waals surface area contributed by atoms with Gasteiger partial charge in [-0.1, -0.05) is 103 Å². The van der Waals surface area contributed by atoms with Crippen LogP contribution < -0.4 is 31.7 Å². The van der Waals surface area contributed by atoms with Gasteiger partial charge in [-0.15, -0.1) is 0 Å². The van der Waals surface area contributed by atoms with E-state index < -0.39 is 59.5 Å². The highest BCUT2D eigenvalue weighted by atomic mass is 16.6. The molecule has 0 radical (unpaired) electrons. The van der Waals surface area contributed by atoms with Gasteiger partial charge in [0.1, 0.15) is 42.1 Å². The molecule has 0 saturated heterocycles. The highest BCUT2D eigenvalue weighted by molar-refractivity contribution is 5.95. The van der Waals surface area contributed by atoms with Gasteiger partial charge in [0.2, 0.25) is 23.6 Å². The van der Waals surface area contributed by atoms with Crippen molar-refractivity contribution in [1.29, 1.82) is 0 Å². The standard InChI is InChI=1S/C47H55N7O8/c1-32(42(48)55)50-45(58)41(30-60-28-35-16-10-6-11-17-35)52-43(56)39(24-33-20-22-38(23-21-33)61-29-36-18-12-7-13-19-36)51-44(57)40(53-46(59)62-47(2,3)4)25-37-27-54(31-49-37)26-34-14-8-5-9-15-34/h5-23,27,31-32,39-41H,24-26,28-30H2,1-4H3,(H2,48,55)(H,50,58)(H,51,57)(H,52,56)(H,53,59)/t32-,39+,40+,41+/m1/s1. The minimum Gasteiger partial charge on any atom is -0.489 e. The zero-order chi connectivity index (χ0) is 44.5. The van der Waals surface area contributed by atoms with E-state index in [0.29, 0.717) is 30.2 Å². The van der Waals surface area contributed by atoms with Gasteiger partial charge in [0, 0.05) is 25.6 Å². The molecule has 4 aromatic carbocycles. The summed E-state index contributed by atoms with van der Waals surface area (Å²) < 4.78 is 19.2. The predicted molar refractivity (Wildman–Crippen MR) is 232 cm³/mol. The molecule has 5 amide bonds. The number of primary amides is 1. The van der Waals surface area contributed by atoms with Crippen LogP contribution in [-0.2, 0) is 61.3 Å². The van der Waals surface area contributed by atoms with Crippen molar-refractivity contribution in [3.8, 4) is 5.75 Å². The summed E-state index contributed by atoms with van der Waals surface area (Å²) in [7, 11) is 0. The summed E-state index contributed by atoms with van der Waals surface area (Å²) in [4.78, 5) is 71.7. The lowest BCUT2D eigenvalue weighted by molar-refractivity contribution is -0.134. The average Bonchev–Trinajstić information content (AvgIpc) is 3.69. The molecule has 326 valence electrons. The summed E-state index contributed by atoms with van der Waals surface area (Å²) in [5, 5.41) is 10.7. The second-order valence-electron chi connectivity index (χ2n) is 15.8. The maximum absolute atomic E-state index is 14.3. The molecule has 0 unspecified atom stereocenters. The Morgan fingerprint density at radius 1 is 0.645 bits per heavy atom. The van der Waals surface area contributed by atoms with E-state index in [9.17, 15) is 24.0 Å². The largest absolute Gasteiger partial charge is 0.489 e. The first-order chi connectivity index (χ1) is 29.7. The fraction of sp³-hybridized carbons (Fsp3) is 0.319. The number of aromatic nitrogens is 2. The Morgan fingerprint density at radius 2 is 1.18 bits per heavy atom. The van der Waals surface area contributed by atoms with Gasteiger partial charge in [-0.2, -0.15) is 0 Å². The summed E-state index contributed by atoms with van der Waals surface area (Å²) in [6.45, 7) is 7.25. The van der Waals surface area contributed by atoms with Gasteiger partial charge in [-0.25, -0.2) is 9.78 Å². The van der Waals surface area contributed by atoms with Crippen LogP contribution >= 0.6 is 0 Å². The molecular weight excluding hydrogens is 791 g/mol. The Morgan fingerprint density at radius 3 is 1.76 bits per heavy atom. The number of nitrogens with zero attached hydrogens (tertiary/aromatic N) is 2. The third-order valence-electron chi connectivity index (χ3n) is 9.37. The highest BCUT2D eigenvalue weighted by Crippen LogP contribution is 2.17. The first-order valence-corrected chi connectivity index (χ1v) is 20.3. The van der Waals surface area contributed by atoms with Crippen LogP contribution in [0.4, 0.5) is 4.79 Å². The maximum atomic E-state index is 14.3. The molecule has 5 rings (SSSR count). The molecule has 62 heavy (non-hydrogen) atoms. The molecule has 15 nitrogen and oxygen atoms in total. The van der Waals surface area contributed by atoms with Crippen molar-refractivity contribution < 1.29 is 38.2 Å². The third kappa shape index (κ3) is 15.6. The van der Waals surface area contributed by atoms with Crippen LogP contribution in [0.1, 0.15) is 55.6 Å². The topological polar surface area (TPSA) is 205 Å². The predicted octanol–water partition coefficient (Wildman–Crippen LogP) is 4.37. The zero-order valence-electron chi connectivity index (χ0n) is 35.4. The van der Waals surface area contributed by atoms with E-state index in [-0.39, 0.29) is 26.1 Å². The van der Waals surface area contributed by atoms with E-state index in [4.69, 9.17) is 19.9 Å². The van der Waals surface area contributed by atoms with E-state index in [1.54, 1.807) is 57.6 Å². The van der Waals surface area contributed by atoms with E-state index in [0.717, 1.165) is 16.7 Å². The lowest BCUT2D eigenvalue weighted by atomic mass is 10.0. The van der Waals surface area contributed by atoms with Gasteiger partial charge < -0.3 is 45.8 Å². The smallest absolute Gasteiger partial charge is 0.408 e. The fourth-order valence-electron chi connectivity index (χ4n) is 6.15. The Balaban J connectivity index is 1.39. The molecule has 0 aliphatic carbocycles. The molecule has 4 atom stereocenters. The number of hydrogen-bond donors (Lipinski definition) is 5. The molecule has 0 aliphatic rings. The number of nitrogens with one attached hydrogen (secondary N) is 4. The minimum atomic E-state index is -1.30. The van der Waals surface area contributed by atoms with Gasteiger partial charge >= 0.3 is 6.09 Å². The molecule has 0 bridgehead atoms. The molecule has 0 saturated carbocycles. The van der Waals surface area contributed by atoms with Crippen LogP contribution in [0.15, 0.2) is 128 Å². The molecule has 1 heterocycles. The first kappa shape index (κ1) is 46.1. The average molecular weight is 846 g/mol. The highest BCUT2D eigenvalue weighted by Gasteiger charge is 2.32. The number of nitrogens with two attached hydrogens (primary N) is 1. The van der Waals surface area contributed by atoms with Crippen molar-refractivity contribution in [2.75, 3.05) is 6.61 Å². The SMILES string of the molecule is C[C@@H](NC(=O)[C@H](COCc1ccccc1)NC(=O)[C@H](Cc1ccc(OCc2ccccc2)cc1)NC(=O)[C@H](Cc1cn(Cc2ccccc2)cn1)NC(=O)OC(C)(C)C)C(N)=O. The Labute approximate surface area is 361 Å². The summed E-state index contributed by atoms with van der Waals surface area (Å²) in [6.07, 6.45) is 2.50. The summed E-state index contributed by atoms with van der Waals surface area (Å²) in [6, 6.07) is 30.9. The number of hydrogen-bond acceptors (Lipinski definition) is 9. The number of carbonyl (C=O) groups excluding carboxylic acids is 5. The van der Waals surface area contributed by atoms with Crippen molar-refractivity contribution in [3.63, 3.8) is 0 Å². The van der Waals surface area contributed by atoms with Crippen LogP contribution in [0.25, 0.3) is 0 Å². The number of benzene rings is 4. The summed E-state index contributed by atoms with van der Waals surface area (Å²) in [5.41, 5.74) is 8.57. The monoisotopic (exact) mass is 845 g/mol. The van der Waals surface area contributed by atoms with Gasteiger partial charge in [-0.05, 0) is 62.1 Å². The van der Waals surface area contributed by atoms with E-state index >= 15 is 0 Å². The second-order valence-corrected chi connectivity index (χ2v) is 15.8. The number of ether oxygens (including phenoxy) is 3. The number of amides is 5. The number of alkyl carbamates (subject to hydrolysis) is 1. The van der Waals surface area contributed by atoms with Crippen molar-refractivity contribution in [2.24, 2.45) is 5.73 Å². The van der Waals surface area contributed by atoms with E-state index in [1.165, 1.54) is 6.92 Å². The van der Waals surface area contributed by atoms with Crippen molar-refractivity contribution in [2.45, 2.75) is 90.1 Å². The van der Waals surface area contributed by atoms with Gasteiger partial charge in [0.05, 0.1) is 25.2 Å². The van der Waals surface area contributed by atoms with Crippen LogP contribution in [0.3, 0.4) is 0 Å². The zero-order valence-corrected chi connectivity index (χ0v) is 35.4. The maximum Gasteiger partial charge on any atom is 0.408 e. The van der Waals surface area contributed by atoms with E-state index in [1.807, 2.05) is 95.6 Å². The molecule has 5 aromatic rings. The Kier molecular flexibility index (Phi) is 16.8. The first-order valence-electron chi connectivity index (χ1n) is 20.3. The fourth-order valence-corrected chi connectivity index (χ4v) is 6.15. The minimum absolute atomic E-state index is 0.0295. The molecule has 1 aromatic heterocycles. The summed E-state index contributed by atoms with van der Waals surface area (Å²) >= 11 is 0. The normalized spacial score (nSPS) is 13.1. The molecule has 0 fully saturated rings. The number of rotatable bonds is 21. The lowest BCUT2D eigenvalue weighted by Crippen LogP contribution is -2.59. The van der Waals surface area contributed by atoms with Crippen LogP contribution in [0.2, 0.25) is 0 Å². The summed E-state index contributed by atoms with van der Waals surface area (Å²) in [5.74, 6) is -2.35. The van der Waals surface area contributed by atoms with Gasteiger partial charge in [-0.3, -0.25) is 19.2 Å². The van der Waals surface area contributed by atoms with E-state index in [2.05, 4.69) is 26.3 Å². The van der Waals surface area contributed by atoms with Crippen molar-refractivity contribution in [3.05, 3.63) is 156 Å². The molecule has 15 heteroatoms. The van der Waals surface area contributed by atoms with Crippen LogP contribution in [-0.4, -0.2) is 75.6 Å². The quantitative estimate of drug-likeness (QED) is 0.0711. The second kappa shape index (κ2) is 22.6.